The molecule has 0 aromatic rings. The fourth-order valence-corrected chi connectivity index (χ4v) is 2.26. The first-order valence-corrected chi connectivity index (χ1v) is 5.31. The molecule has 0 aromatic carbocycles. The molecule has 0 radical (unpaired) electrons. The number of fused-ring (bicyclic) bond motifs is 2. The van der Waals surface area contributed by atoms with Crippen LogP contribution in [0.4, 0.5) is 17.6 Å². The van der Waals surface area contributed by atoms with Gasteiger partial charge in [-0.3, -0.25) is 4.79 Å². The highest BCUT2D eigenvalue weighted by atomic mass is 19.3. The van der Waals surface area contributed by atoms with E-state index in [1.807, 2.05) is 0 Å². The minimum Gasteiger partial charge on any atom is -0.481 e. The summed E-state index contributed by atoms with van der Waals surface area (Å²) >= 11 is 0. The van der Waals surface area contributed by atoms with Crippen LogP contribution in [0.3, 0.4) is 0 Å². The molecule has 100 valence electrons. The summed E-state index contributed by atoms with van der Waals surface area (Å²) < 4.78 is 52.4. The number of alkyl halides is 4. The molecule has 2 rings (SSSR count). The molecule has 0 aromatic heterocycles. The van der Waals surface area contributed by atoms with Gasteiger partial charge in [0.25, 0.3) is 11.9 Å². The molecule has 2 aliphatic rings. The number of carboxylic acid groups (broad SMARTS) is 1. The van der Waals surface area contributed by atoms with Crippen molar-refractivity contribution in [2.45, 2.75) is 31.6 Å². The van der Waals surface area contributed by atoms with Crippen LogP contribution in [0, 0.1) is 11.8 Å². The van der Waals surface area contributed by atoms with E-state index < -0.39 is 42.5 Å². The van der Waals surface area contributed by atoms with Gasteiger partial charge in [-0.1, -0.05) is 0 Å². The lowest BCUT2D eigenvalue weighted by Gasteiger charge is -2.45. The van der Waals surface area contributed by atoms with Crippen molar-refractivity contribution >= 4 is 5.97 Å². The van der Waals surface area contributed by atoms with Crippen molar-refractivity contribution in [3.05, 3.63) is 0 Å². The van der Waals surface area contributed by atoms with Crippen molar-refractivity contribution in [1.82, 2.24) is 5.32 Å². The zero-order chi connectivity index (χ0) is 13.3. The summed E-state index contributed by atoms with van der Waals surface area (Å²) in [6, 6.07) is 0. The molecule has 0 spiro atoms. The summed E-state index contributed by atoms with van der Waals surface area (Å²) in [5, 5.41) is 10.2. The normalized spacial score (nSPS) is 33.2. The Morgan fingerprint density at radius 3 is 1.88 bits per heavy atom. The lowest BCUT2D eigenvalue weighted by Crippen LogP contribution is -2.58. The molecule has 7 heteroatoms. The molecule has 2 N–H and O–H groups in total. The molecule has 1 saturated heterocycles. The second-order valence-electron chi connectivity index (χ2n) is 4.51. The Kier molecular flexibility index (Phi) is 4.01. The maximum atomic E-state index is 13.3. The first kappa shape index (κ1) is 14.2. The average molecular weight is 257 g/mol. The molecular weight excluding hydrogens is 242 g/mol. The van der Waals surface area contributed by atoms with Crippen LogP contribution >= 0.6 is 0 Å². The molecule has 1 saturated carbocycles. The quantitative estimate of drug-likeness (QED) is 0.652. The van der Waals surface area contributed by atoms with E-state index in [9.17, 15) is 17.6 Å². The van der Waals surface area contributed by atoms with Gasteiger partial charge < -0.3 is 10.4 Å². The third-order valence-electron chi connectivity index (χ3n) is 2.96. The number of halogens is 4. The molecule has 1 aliphatic carbocycles. The predicted octanol–water partition coefficient (Wildman–Crippen LogP) is 1.98. The summed E-state index contributed by atoms with van der Waals surface area (Å²) in [4.78, 5) is 9.00. The van der Waals surface area contributed by atoms with Gasteiger partial charge in [0, 0.05) is 44.7 Å². The summed E-state index contributed by atoms with van der Waals surface area (Å²) in [7, 11) is 0. The highest BCUT2D eigenvalue weighted by Crippen LogP contribution is 2.50. The molecule has 1 heterocycles. The topological polar surface area (TPSA) is 49.3 Å². The Balaban J connectivity index is 0.000000317. The highest BCUT2D eigenvalue weighted by Gasteiger charge is 2.59. The van der Waals surface area contributed by atoms with Crippen LogP contribution < -0.4 is 5.32 Å². The summed E-state index contributed by atoms with van der Waals surface area (Å²) in [6.07, 6.45) is -1.35. The summed E-state index contributed by atoms with van der Waals surface area (Å²) in [5.74, 6) is -8.99. The molecule has 17 heavy (non-hydrogen) atoms. The third kappa shape index (κ3) is 3.55. The largest absolute Gasteiger partial charge is 0.481 e. The summed E-state index contributed by atoms with van der Waals surface area (Å²) in [6.45, 7) is 1.11. The van der Waals surface area contributed by atoms with Crippen molar-refractivity contribution in [3.63, 3.8) is 0 Å². The first-order chi connectivity index (χ1) is 7.65. The fourth-order valence-electron chi connectivity index (χ4n) is 2.26. The number of carboxylic acids is 1. The number of aliphatic carboxylic acids is 1. The maximum absolute atomic E-state index is 13.3. The van der Waals surface area contributed by atoms with Gasteiger partial charge in [-0.25, -0.2) is 17.6 Å². The second-order valence-corrected chi connectivity index (χ2v) is 4.51. The Labute approximate surface area is 96.2 Å². The van der Waals surface area contributed by atoms with Crippen molar-refractivity contribution in [1.29, 1.82) is 0 Å². The number of rotatable bonds is 0. The minimum absolute atomic E-state index is 0.0130. The van der Waals surface area contributed by atoms with Gasteiger partial charge in [-0.2, -0.15) is 0 Å². The Morgan fingerprint density at radius 2 is 1.53 bits per heavy atom. The van der Waals surface area contributed by atoms with Crippen molar-refractivity contribution < 1.29 is 27.5 Å². The Hall–Kier alpha value is -0.850. The predicted molar refractivity (Wildman–Crippen MR) is 52.3 cm³/mol. The standard InChI is InChI=1S/C8H11F4N.C2H4O2/c9-7(10)1-5-3-13-4-6(2-7)8(5,11)12;1-2(3)4/h5-6,13H,1-4H2;1H3,(H,3,4). The molecule has 0 amide bonds. The molecule has 2 unspecified atom stereocenters. The SMILES string of the molecule is CC(=O)O.FC1(F)CC2CNCC(C1)C2(F)F. The van der Waals surface area contributed by atoms with E-state index in [2.05, 4.69) is 5.32 Å². The summed E-state index contributed by atoms with van der Waals surface area (Å²) in [5.41, 5.74) is 0. The van der Waals surface area contributed by atoms with Crippen LogP contribution in [-0.4, -0.2) is 36.0 Å². The van der Waals surface area contributed by atoms with E-state index in [0.29, 0.717) is 0 Å². The Morgan fingerprint density at radius 1 is 1.18 bits per heavy atom. The van der Waals surface area contributed by atoms with Crippen LogP contribution in [0.2, 0.25) is 0 Å². The van der Waals surface area contributed by atoms with Crippen LogP contribution in [-0.2, 0) is 4.79 Å². The average Bonchev–Trinajstić information content (AvgIpc) is 2.07. The maximum Gasteiger partial charge on any atom is 0.300 e. The van der Waals surface area contributed by atoms with E-state index in [1.165, 1.54) is 0 Å². The van der Waals surface area contributed by atoms with Gasteiger partial charge >= 0.3 is 0 Å². The number of nitrogens with one attached hydrogen (secondary N) is 1. The molecular formula is C10H15F4NO2. The lowest BCUT2D eigenvalue weighted by molar-refractivity contribution is -0.208. The zero-order valence-electron chi connectivity index (χ0n) is 9.35. The number of carbonyl (C=O) groups is 1. The molecule has 2 bridgehead atoms. The van der Waals surface area contributed by atoms with Gasteiger partial charge in [0.2, 0.25) is 5.92 Å². The highest BCUT2D eigenvalue weighted by molar-refractivity contribution is 5.62. The van der Waals surface area contributed by atoms with Gasteiger partial charge in [0.05, 0.1) is 0 Å². The zero-order valence-corrected chi connectivity index (χ0v) is 9.35. The molecule has 1 aliphatic heterocycles. The van der Waals surface area contributed by atoms with E-state index in [0.717, 1.165) is 6.92 Å². The fraction of sp³-hybridized carbons (Fsp3) is 0.900. The van der Waals surface area contributed by atoms with E-state index in [1.54, 1.807) is 0 Å². The third-order valence-corrected chi connectivity index (χ3v) is 2.96. The lowest BCUT2D eigenvalue weighted by atomic mass is 9.73. The van der Waals surface area contributed by atoms with Crippen LogP contribution in [0.1, 0.15) is 19.8 Å². The Bertz CT molecular complexity index is 274. The first-order valence-electron chi connectivity index (χ1n) is 5.31. The van der Waals surface area contributed by atoms with Crippen molar-refractivity contribution in [2.24, 2.45) is 11.8 Å². The van der Waals surface area contributed by atoms with Crippen LogP contribution in [0.5, 0.6) is 0 Å². The van der Waals surface area contributed by atoms with Crippen molar-refractivity contribution in [3.8, 4) is 0 Å². The van der Waals surface area contributed by atoms with Gasteiger partial charge in [0.1, 0.15) is 0 Å². The number of hydrogen-bond donors (Lipinski definition) is 2. The monoisotopic (exact) mass is 257 g/mol. The molecule has 2 fully saturated rings. The van der Waals surface area contributed by atoms with E-state index in [4.69, 9.17) is 9.90 Å². The van der Waals surface area contributed by atoms with Crippen LogP contribution in [0.25, 0.3) is 0 Å². The smallest absolute Gasteiger partial charge is 0.300 e. The van der Waals surface area contributed by atoms with E-state index in [-0.39, 0.29) is 13.1 Å². The second kappa shape index (κ2) is 4.80. The van der Waals surface area contributed by atoms with Gasteiger partial charge in [-0.15, -0.1) is 0 Å². The number of piperidine rings is 1. The molecule has 3 nitrogen and oxygen atoms in total. The molecule has 2 atom stereocenters. The van der Waals surface area contributed by atoms with Gasteiger partial charge in [0.15, 0.2) is 0 Å². The minimum atomic E-state index is -2.90. The number of hydrogen-bond acceptors (Lipinski definition) is 2. The van der Waals surface area contributed by atoms with Crippen molar-refractivity contribution in [2.75, 3.05) is 13.1 Å². The van der Waals surface area contributed by atoms with Crippen LogP contribution in [0.15, 0.2) is 0 Å². The van der Waals surface area contributed by atoms with E-state index >= 15 is 0 Å². The van der Waals surface area contributed by atoms with Gasteiger partial charge in [-0.05, 0) is 0 Å².